The molecule has 0 atom stereocenters. The first-order valence-electron chi connectivity index (χ1n) is 9.09. The molecule has 9 heteroatoms. The number of Topliss-reactive ketones (excluding diaryl/α,β-unsaturated/α-hetero) is 1. The normalized spacial score (nSPS) is 10.5. The molecule has 0 unspecified atom stereocenters. The van der Waals surface area contributed by atoms with E-state index in [0.29, 0.717) is 17.8 Å². The van der Waals surface area contributed by atoms with Crippen molar-refractivity contribution in [3.05, 3.63) is 82.1 Å². The van der Waals surface area contributed by atoms with E-state index in [2.05, 4.69) is 20.6 Å². The van der Waals surface area contributed by atoms with E-state index in [9.17, 15) is 18.8 Å². The van der Waals surface area contributed by atoms with E-state index < -0.39 is 17.6 Å². The molecule has 1 aromatic heterocycles. The van der Waals surface area contributed by atoms with E-state index in [-0.39, 0.29) is 34.2 Å². The van der Waals surface area contributed by atoms with Crippen molar-refractivity contribution in [1.29, 1.82) is 0 Å². The fourth-order valence-electron chi connectivity index (χ4n) is 2.78. The number of hydrogen-bond acceptors (Lipinski definition) is 4. The minimum atomic E-state index is -0.542. The molecule has 2 aromatic carbocycles. The number of carbonyl (C=O) groups excluding carboxylic acids is 3. The molecule has 1 heterocycles. The lowest BCUT2D eigenvalue weighted by molar-refractivity contribution is 0.0937. The fourth-order valence-corrected chi connectivity index (χ4v) is 3.05. The Hall–Kier alpha value is -3.52. The van der Waals surface area contributed by atoms with Gasteiger partial charge in [0.15, 0.2) is 11.5 Å². The summed E-state index contributed by atoms with van der Waals surface area (Å²) in [4.78, 5) is 43.4. The summed E-state index contributed by atoms with van der Waals surface area (Å²) in [5.41, 5.74) is 1.47. The van der Waals surface area contributed by atoms with Gasteiger partial charge in [0, 0.05) is 24.2 Å². The van der Waals surface area contributed by atoms with Gasteiger partial charge in [0.05, 0.1) is 11.3 Å². The van der Waals surface area contributed by atoms with Crippen molar-refractivity contribution in [2.75, 3.05) is 11.9 Å². The average molecular weight is 429 g/mol. The van der Waals surface area contributed by atoms with E-state index in [1.54, 1.807) is 31.2 Å². The van der Waals surface area contributed by atoms with Crippen molar-refractivity contribution >= 4 is 34.9 Å². The van der Waals surface area contributed by atoms with E-state index in [1.807, 2.05) is 0 Å². The largest absolute Gasteiger partial charge is 0.351 e. The maximum absolute atomic E-state index is 13.1. The summed E-state index contributed by atoms with van der Waals surface area (Å²) in [6.07, 6.45) is 1.34. The summed E-state index contributed by atoms with van der Waals surface area (Å²) in [5.74, 6) is -1.73. The lowest BCUT2D eigenvalue weighted by atomic mass is 10.0. The zero-order chi connectivity index (χ0) is 21.7. The van der Waals surface area contributed by atoms with E-state index >= 15 is 0 Å². The number of amides is 2. The summed E-state index contributed by atoms with van der Waals surface area (Å²) < 4.78 is 13.1. The van der Waals surface area contributed by atoms with Gasteiger partial charge in [-0.15, -0.1) is 0 Å². The van der Waals surface area contributed by atoms with Gasteiger partial charge in [-0.05, 0) is 42.8 Å². The number of rotatable bonds is 7. The Morgan fingerprint density at radius 2 is 1.83 bits per heavy atom. The van der Waals surface area contributed by atoms with Crippen LogP contribution in [-0.4, -0.2) is 34.1 Å². The van der Waals surface area contributed by atoms with Gasteiger partial charge in [-0.1, -0.05) is 23.7 Å². The van der Waals surface area contributed by atoms with Crippen LogP contribution in [-0.2, 0) is 6.42 Å². The number of carbonyl (C=O) groups is 3. The third-order valence-corrected chi connectivity index (χ3v) is 4.54. The molecule has 7 nitrogen and oxygen atoms in total. The molecule has 0 saturated heterocycles. The van der Waals surface area contributed by atoms with Gasteiger partial charge in [0.1, 0.15) is 11.5 Å². The SMILES string of the molecule is CCNC(=O)c1[nH]cnc1C(=O)Nc1ccc(CC(=O)c2ccc(F)cc2Cl)cc1. The highest BCUT2D eigenvalue weighted by atomic mass is 35.5. The Bertz CT molecular complexity index is 1100. The van der Waals surface area contributed by atoms with Crippen LogP contribution in [0.15, 0.2) is 48.8 Å². The van der Waals surface area contributed by atoms with Gasteiger partial charge in [0.25, 0.3) is 11.8 Å². The Morgan fingerprint density at radius 1 is 1.10 bits per heavy atom. The summed E-state index contributed by atoms with van der Waals surface area (Å²) in [6, 6.07) is 10.3. The molecule has 2 amide bonds. The zero-order valence-corrected chi connectivity index (χ0v) is 16.7. The molecular formula is C21H18ClFN4O3. The molecule has 0 radical (unpaired) electrons. The molecule has 154 valence electrons. The number of anilines is 1. The Morgan fingerprint density at radius 3 is 2.50 bits per heavy atom. The van der Waals surface area contributed by atoms with Gasteiger partial charge in [-0.25, -0.2) is 9.37 Å². The summed E-state index contributed by atoms with van der Waals surface area (Å²) in [5, 5.41) is 5.32. The smallest absolute Gasteiger partial charge is 0.276 e. The van der Waals surface area contributed by atoms with E-state index in [1.165, 1.54) is 18.5 Å². The van der Waals surface area contributed by atoms with Crippen molar-refractivity contribution in [1.82, 2.24) is 15.3 Å². The number of benzene rings is 2. The predicted molar refractivity (Wildman–Crippen MR) is 110 cm³/mol. The predicted octanol–water partition coefficient (Wildman–Crippen LogP) is 3.63. The van der Waals surface area contributed by atoms with Gasteiger partial charge in [0.2, 0.25) is 0 Å². The Balaban J connectivity index is 1.66. The maximum atomic E-state index is 13.1. The molecule has 0 aliphatic carbocycles. The molecule has 0 fully saturated rings. The lowest BCUT2D eigenvalue weighted by Crippen LogP contribution is -2.26. The van der Waals surface area contributed by atoms with Crippen LogP contribution in [0.3, 0.4) is 0 Å². The van der Waals surface area contributed by atoms with Crippen LogP contribution in [0.25, 0.3) is 0 Å². The van der Waals surface area contributed by atoms with Crippen molar-refractivity contribution in [3.8, 4) is 0 Å². The van der Waals surface area contributed by atoms with Gasteiger partial charge >= 0.3 is 0 Å². The second-order valence-corrected chi connectivity index (χ2v) is 6.77. The number of aromatic nitrogens is 2. The number of hydrogen-bond donors (Lipinski definition) is 3. The second kappa shape index (κ2) is 9.32. The third-order valence-electron chi connectivity index (χ3n) is 4.23. The quantitative estimate of drug-likeness (QED) is 0.500. The van der Waals surface area contributed by atoms with Crippen LogP contribution < -0.4 is 10.6 Å². The van der Waals surface area contributed by atoms with Crippen LogP contribution in [0, 0.1) is 5.82 Å². The van der Waals surface area contributed by atoms with Crippen LogP contribution in [0.1, 0.15) is 43.8 Å². The molecule has 30 heavy (non-hydrogen) atoms. The average Bonchev–Trinajstić information content (AvgIpc) is 3.20. The minimum Gasteiger partial charge on any atom is -0.351 e. The van der Waals surface area contributed by atoms with Crippen molar-refractivity contribution in [3.63, 3.8) is 0 Å². The Kier molecular flexibility index (Phi) is 6.58. The first-order chi connectivity index (χ1) is 14.4. The molecule has 0 saturated carbocycles. The highest BCUT2D eigenvalue weighted by molar-refractivity contribution is 6.34. The molecule has 0 aliphatic rings. The molecule has 0 spiro atoms. The Labute approximate surface area is 176 Å². The fraction of sp³-hybridized carbons (Fsp3) is 0.143. The van der Waals surface area contributed by atoms with Crippen LogP contribution in [0.5, 0.6) is 0 Å². The lowest BCUT2D eigenvalue weighted by Gasteiger charge is -2.07. The number of nitrogens with one attached hydrogen (secondary N) is 3. The first kappa shape index (κ1) is 21.2. The van der Waals surface area contributed by atoms with Gasteiger partial charge in [-0.2, -0.15) is 0 Å². The van der Waals surface area contributed by atoms with Crippen molar-refractivity contribution in [2.45, 2.75) is 13.3 Å². The van der Waals surface area contributed by atoms with Crippen molar-refractivity contribution in [2.24, 2.45) is 0 Å². The highest BCUT2D eigenvalue weighted by Crippen LogP contribution is 2.20. The third kappa shape index (κ3) is 4.90. The molecular weight excluding hydrogens is 411 g/mol. The standard InChI is InChI=1S/C21H18ClFN4O3/c1-2-24-20(29)18-19(26-11-25-18)21(30)27-14-6-3-12(4-7-14)9-17(28)15-8-5-13(23)10-16(15)22/h3-8,10-11H,2,9H2,1H3,(H,24,29)(H,25,26)(H,27,30). The number of imidazole rings is 1. The van der Waals surface area contributed by atoms with Crippen LogP contribution >= 0.6 is 11.6 Å². The number of ketones is 1. The van der Waals surface area contributed by atoms with Crippen LogP contribution in [0.2, 0.25) is 5.02 Å². The number of halogens is 2. The van der Waals surface area contributed by atoms with Gasteiger partial charge < -0.3 is 15.6 Å². The highest BCUT2D eigenvalue weighted by Gasteiger charge is 2.20. The molecule has 0 aliphatic heterocycles. The summed E-state index contributed by atoms with van der Waals surface area (Å²) >= 11 is 5.93. The zero-order valence-electron chi connectivity index (χ0n) is 16.0. The summed E-state index contributed by atoms with van der Waals surface area (Å²) in [7, 11) is 0. The second-order valence-electron chi connectivity index (χ2n) is 6.36. The number of H-pyrrole nitrogens is 1. The number of aromatic amines is 1. The minimum absolute atomic E-state index is 0.0221. The molecule has 3 N–H and O–H groups in total. The first-order valence-corrected chi connectivity index (χ1v) is 9.47. The molecule has 3 rings (SSSR count). The van der Waals surface area contributed by atoms with E-state index in [0.717, 1.165) is 6.07 Å². The van der Waals surface area contributed by atoms with Crippen LogP contribution in [0.4, 0.5) is 10.1 Å². The topological polar surface area (TPSA) is 104 Å². The van der Waals surface area contributed by atoms with E-state index in [4.69, 9.17) is 11.6 Å². The monoisotopic (exact) mass is 428 g/mol. The summed E-state index contributed by atoms with van der Waals surface area (Å²) in [6.45, 7) is 2.19. The maximum Gasteiger partial charge on any atom is 0.276 e. The van der Waals surface area contributed by atoms with Gasteiger partial charge in [-0.3, -0.25) is 14.4 Å². The number of nitrogens with zero attached hydrogens (tertiary/aromatic N) is 1. The molecule has 3 aromatic rings. The van der Waals surface area contributed by atoms with Crippen molar-refractivity contribution < 1.29 is 18.8 Å². The molecule has 0 bridgehead atoms.